The fraction of sp³-hybridized carbons (Fsp3) is 0.143. The Kier molecular flexibility index (Phi) is 3.73. The quantitative estimate of drug-likeness (QED) is 0.775. The molecular formula is C21H18N2O2. The van der Waals surface area contributed by atoms with Gasteiger partial charge in [0, 0.05) is 5.56 Å². The summed E-state index contributed by atoms with van der Waals surface area (Å²) in [5.74, 6) is 0.752. The molecule has 2 heterocycles. The molecule has 0 bridgehead atoms. The largest absolute Gasteiger partial charge is 0.485 e. The zero-order valence-electron chi connectivity index (χ0n) is 14.1. The van der Waals surface area contributed by atoms with Gasteiger partial charge in [0.25, 0.3) is 5.91 Å². The first-order chi connectivity index (χ1) is 12.1. The molecular weight excluding hydrogens is 312 g/mol. The minimum atomic E-state index is -0.117. The fourth-order valence-electron chi connectivity index (χ4n) is 3.02. The molecule has 124 valence electrons. The summed E-state index contributed by atoms with van der Waals surface area (Å²) < 4.78 is 5.96. The van der Waals surface area contributed by atoms with E-state index in [1.54, 1.807) is 0 Å². The maximum absolute atomic E-state index is 12.8. The molecule has 0 fully saturated rings. The number of nitrogens with zero attached hydrogens (tertiary/aromatic N) is 2. The number of ether oxygens (including phenoxy) is 1. The summed E-state index contributed by atoms with van der Waals surface area (Å²) in [6, 6.07) is 17.4. The lowest BCUT2D eigenvalue weighted by molar-refractivity contribution is -0.114. The molecule has 0 spiro atoms. The number of amides is 1. The minimum absolute atomic E-state index is 0.115. The lowest BCUT2D eigenvalue weighted by atomic mass is 9.99. The zero-order valence-corrected chi connectivity index (χ0v) is 14.1. The van der Waals surface area contributed by atoms with Crippen molar-refractivity contribution in [3.05, 3.63) is 77.4 Å². The molecule has 2 aliphatic heterocycles. The fourth-order valence-corrected chi connectivity index (χ4v) is 3.02. The van der Waals surface area contributed by atoms with E-state index < -0.39 is 0 Å². The highest BCUT2D eigenvalue weighted by atomic mass is 16.5. The average molecular weight is 330 g/mol. The van der Waals surface area contributed by atoms with Crippen LogP contribution in [-0.4, -0.2) is 17.7 Å². The van der Waals surface area contributed by atoms with Gasteiger partial charge in [-0.05, 0) is 49.8 Å². The third-order valence-electron chi connectivity index (χ3n) is 4.39. The van der Waals surface area contributed by atoms with E-state index in [1.165, 1.54) is 5.01 Å². The average Bonchev–Trinajstić information content (AvgIpc) is 2.91. The molecule has 1 amide bonds. The van der Waals surface area contributed by atoms with E-state index in [0.29, 0.717) is 11.3 Å². The number of hydrogen-bond donors (Lipinski definition) is 0. The van der Waals surface area contributed by atoms with Crippen molar-refractivity contribution < 1.29 is 9.53 Å². The number of benzene rings is 2. The Bertz CT molecular complexity index is 926. The van der Waals surface area contributed by atoms with Crippen molar-refractivity contribution in [3.63, 3.8) is 0 Å². The topological polar surface area (TPSA) is 41.9 Å². The first-order valence-electron chi connectivity index (χ1n) is 8.27. The monoisotopic (exact) mass is 330 g/mol. The van der Waals surface area contributed by atoms with Crippen LogP contribution in [0.25, 0.3) is 6.08 Å². The van der Waals surface area contributed by atoms with E-state index >= 15 is 0 Å². The molecule has 2 aliphatic rings. The number of carbonyl (C=O) groups excluding carboxylic acids is 1. The van der Waals surface area contributed by atoms with Gasteiger partial charge in [0.05, 0.1) is 17.0 Å². The van der Waals surface area contributed by atoms with Crippen LogP contribution in [0.5, 0.6) is 5.75 Å². The van der Waals surface area contributed by atoms with E-state index in [1.807, 2.05) is 74.5 Å². The second-order valence-corrected chi connectivity index (χ2v) is 6.14. The van der Waals surface area contributed by atoms with Gasteiger partial charge in [-0.3, -0.25) is 4.79 Å². The minimum Gasteiger partial charge on any atom is -0.485 e. The number of carbonyl (C=O) groups is 1. The van der Waals surface area contributed by atoms with Gasteiger partial charge in [-0.25, -0.2) is 0 Å². The van der Waals surface area contributed by atoms with Crippen molar-refractivity contribution in [2.75, 3.05) is 5.01 Å². The molecule has 0 aliphatic carbocycles. The van der Waals surface area contributed by atoms with Gasteiger partial charge >= 0.3 is 0 Å². The van der Waals surface area contributed by atoms with Crippen molar-refractivity contribution in [3.8, 4) is 5.75 Å². The van der Waals surface area contributed by atoms with Crippen molar-refractivity contribution in [1.29, 1.82) is 0 Å². The molecule has 1 unspecified atom stereocenters. The molecule has 0 saturated heterocycles. The summed E-state index contributed by atoms with van der Waals surface area (Å²) in [5, 5.41) is 5.87. The first-order valence-corrected chi connectivity index (χ1v) is 8.27. The molecule has 0 aromatic heterocycles. The standard InChI is InChI=1S/C21H18N2O2/c1-14-19(21(24)23(22-14)18-9-4-3-5-10-18)13-17-12-16-8-6-7-11-20(16)25-15(17)2/h3-13,15H,1-2H3/b19-13-. The molecule has 25 heavy (non-hydrogen) atoms. The van der Waals surface area contributed by atoms with Gasteiger partial charge in [0.15, 0.2) is 0 Å². The van der Waals surface area contributed by atoms with Crippen LogP contribution in [0, 0.1) is 0 Å². The third-order valence-corrected chi connectivity index (χ3v) is 4.39. The second kappa shape index (κ2) is 6.06. The van der Waals surface area contributed by atoms with Gasteiger partial charge in [-0.15, -0.1) is 0 Å². The van der Waals surface area contributed by atoms with Crippen LogP contribution in [-0.2, 0) is 4.79 Å². The Morgan fingerprint density at radius 1 is 1.08 bits per heavy atom. The maximum Gasteiger partial charge on any atom is 0.280 e. The van der Waals surface area contributed by atoms with Crippen molar-refractivity contribution in [2.24, 2.45) is 5.10 Å². The van der Waals surface area contributed by atoms with Crippen LogP contribution in [0.4, 0.5) is 5.69 Å². The summed E-state index contributed by atoms with van der Waals surface area (Å²) in [6.07, 6.45) is 3.85. The summed E-state index contributed by atoms with van der Waals surface area (Å²) in [5.41, 5.74) is 4.06. The van der Waals surface area contributed by atoms with Crippen LogP contribution in [0.1, 0.15) is 19.4 Å². The number of fused-ring (bicyclic) bond motifs is 1. The van der Waals surface area contributed by atoms with E-state index in [0.717, 1.165) is 22.6 Å². The highest BCUT2D eigenvalue weighted by Crippen LogP contribution is 2.31. The van der Waals surface area contributed by atoms with E-state index in [9.17, 15) is 4.79 Å². The predicted octanol–water partition coefficient (Wildman–Crippen LogP) is 4.20. The van der Waals surface area contributed by atoms with Crippen LogP contribution >= 0.6 is 0 Å². The Morgan fingerprint density at radius 3 is 2.60 bits per heavy atom. The Morgan fingerprint density at radius 2 is 1.80 bits per heavy atom. The van der Waals surface area contributed by atoms with Gasteiger partial charge in [-0.1, -0.05) is 36.4 Å². The normalized spacial score (nSPS) is 20.9. The second-order valence-electron chi connectivity index (χ2n) is 6.14. The number of hydrogen-bond acceptors (Lipinski definition) is 3. The van der Waals surface area contributed by atoms with Crippen molar-refractivity contribution >= 4 is 23.4 Å². The summed E-state index contributed by atoms with van der Waals surface area (Å²) >= 11 is 0. The van der Waals surface area contributed by atoms with Gasteiger partial charge < -0.3 is 4.74 Å². The lowest BCUT2D eigenvalue weighted by Crippen LogP contribution is -2.23. The molecule has 0 saturated carbocycles. The number of rotatable bonds is 2. The number of hydrazone groups is 1. The Labute approximate surface area is 146 Å². The van der Waals surface area contributed by atoms with Crippen LogP contribution in [0.2, 0.25) is 0 Å². The van der Waals surface area contributed by atoms with E-state index in [4.69, 9.17) is 4.74 Å². The highest BCUT2D eigenvalue weighted by molar-refractivity contribution is 6.30. The van der Waals surface area contributed by atoms with E-state index in [2.05, 4.69) is 11.2 Å². The summed E-state index contributed by atoms with van der Waals surface area (Å²) in [7, 11) is 0. The SMILES string of the molecule is CC1=NN(c2ccccc2)C(=O)/C1=C\C1=Cc2ccccc2OC1C. The van der Waals surface area contributed by atoms with Gasteiger partial charge in [0.2, 0.25) is 0 Å². The molecule has 2 aromatic rings. The Hall–Kier alpha value is -3.14. The molecule has 4 heteroatoms. The molecule has 4 nitrogen and oxygen atoms in total. The lowest BCUT2D eigenvalue weighted by Gasteiger charge is -2.23. The van der Waals surface area contributed by atoms with Gasteiger partial charge in [0.1, 0.15) is 11.9 Å². The number of anilines is 1. The Balaban J connectivity index is 1.70. The van der Waals surface area contributed by atoms with E-state index in [-0.39, 0.29) is 12.0 Å². The molecule has 0 N–H and O–H groups in total. The predicted molar refractivity (Wildman–Crippen MR) is 99.6 cm³/mol. The third kappa shape index (κ3) is 2.76. The molecule has 2 aromatic carbocycles. The maximum atomic E-state index is 12.8. The molecule has 0 radical (unpaired) electrons. The van der Waals surface area contributed by atoms with Crippen LogP contribution < -0.4 is 9.75 Å². The highest BCUT2D eigenvalue weighted by Gasteiger charge is 2.30. The smallest absolute Gasteiger partial charge is 0.280 e. The summed E-state index contributed by atoms with van der Waals surface area (Å²) in [6.45, 7) is 3.84. The molecule has 4 rings (SSSR count). The van der Waals surface area contributed by atoms with Crippen LogP contribution in [0.3, 0.4) is 0 Å². The summed E-state index contributed by atoms with van der Waals surface area (Å²) in [4.78, 5) is 12.8. The molecule has 1 atom stereocenters. The van der Waals surface area contributed by atoms with Gasteiger partial charge in [-0.2, -0.15) is 10.1 Å². The van der Waals surface area contributed by atoms with Crippen LogP contribution in [0.15, 0.2) is 76.9 Å². The number of para-hydroxylation sites is 2. The first kappa shape index (κ1) is 15.4. The van der Waals surface area contributed by atoms with Crippen molar-refractivity contribution in [1.82, 2.24) is 0 Å². The zero-order chi connectivity index (χ0) is 17.4. The van der Waals surface area contributed by atoms with Crippen molar-refractivity contribution in [2.45, 2.75) is 20.0 Å².